The van der Waals surface area contributed by atoms with Crippen LogP contribution in [-0.2, 0) is 16.1 Å². The summed E-state index contributed by atoms with van der Waals surface area (Å²) < 4.78 is 4.89. The van der Waals surface area contributed by atoms with E-state index in [9.17, 15) is 14.7 Å². The fourth-order valence-corrected chi connectivity index (χ4v) is 2.17. The molecule has 5 heteroatoms. The molecular formula is C13H15NO4. The zero-order valence-corrected chi connectivity index (χ0v) is 10.1. The Bertz CT molecular complexity index is 472. The van der Waals surface area contributed by atoms with Crippen molar-refractivity contribution in [1.82, 2.24) is 4.90 Å². The van der Waals surface area contributed by atoms with E-state index in [1.807, 2.05) is 12.1 Å². The fraction of sp³-hybridized carbons (Fsp3) is 0.385. The molecule has 0 radical (unpaired) electrons. The predicted molar refractivity (Wildman–Crippen MR) is 64.2 cm³/mol. The second kappa shape index (κ2) is 5.18. The minimum atomic E-state index is -0.992. The summed E-state index contributed by atoms with van der Waals surface area (Å²) >= 11 is 0. The van der Waals surface area contributed by atoms with Gasteiger partial charge in [0.05, 0.1) is 0 Å². The van der Waals surface area contributed by atoms with E-state index < -0.39 is 12.0 Å². The number of nitrogens with zero attached hydrogens (tertiary/aromatic N) is 1. The van der Waals surface area contributed by atoms with E-state index >= 15 is 0 Å². The molecule has 1 N–H and O–H groups in total. The number of hydrogen-bond donors (Lipinski definition) is 1. The van der Waals surface area contributed by atoms with Crippen molar-refractivity contribution in [3.63, 3.8) is 0 Å². The molecule has 1 heterocycles. The SMILES string of the molecule is COCC[C@@H](C(=O)O)N1Cc2ccccc2C1=O. The van der Waals surface area contributed by atoms with Crippen molar-refractivity contribution < 1.29 is 19.4 Å². The number of carboxylic acid groups (broad SMARTS) is 1. The fourth-order valence-electron chi connectivity index (χ4n) is 2.17. The molecule has 18 heavy (non-hydrogen) atoms. The summed E-state index contributed by atoms with van der Waals surface area (Å²) in [6.45, 7) is 0.673. The number of carboxylic acids is 1. The van der Waals surface area contributed by atoms with Crippen LogP contribution in [0.4, 0.5) is 0 Å². The van der Waals surface area contributed by atoms with Crippen LogP contribution >= 0.6 is 0 Å². The van der Waals surface area contributed by atoms with Crippen LogP contribution in [0.2, 0.25) is 0 Å². The van der Waals surface area contributed by atoms with Gasteiger partial charge in [-0.05, 0) is 11.6 Å². The Hall–Kier alpha value is -1.88. The molecule has 1 aromatic rings. The summed E-state index contributed by atoms with van der Waals surface area (Å²) in [5, 5.41) is 9.21. The Morgan fingerprint density at radius 3 is 2.83 bits per heavy atom. The topological polar surface area (TPSA) is 66.8 Å². The molecule has 0 fully saturated rings. The number of carbonyl (C=O) groups is 2. The molecule has 1 aromatic carbocycles. The number of amides is 1. The van der Waals surface area contributed by atoms with E-state index in [1.54, 1.807) is 12.1 Å². The zero-order chi connectivity index (χ0) is 13.1. The molecular weight excluding hydrogens is 234 g/mol. The Morgan fingerprint density at radius 1 is 1.50 bits per heavy atom. The van der Waals surface area contributed by atoms with E-state index in [2.05, 4.69) is 0 Å². The number of ether oxygens (including phenoxy) is 1. The van der Waals surface area contributed by atoms with Crippen molar-refractivity contribution in [2.24, 2.45) is 0 Å². The lowest BCUT2D eigenvalue weighted by molar-refractivity contribution is -0.143. The maximum Gasteiger partial charge on any atom is 0.326 e. The molecule has 0 saturated carbocycles. The van der Waals surface area contributed by atoms with Crippen LogP contribution in [0.15, 0.2) is 24.3 Å². The second-order valence-corrected chi connectivity index (χ2v) is 4.23. The molecule has 1 aliphatic rings. The molecule has 0 spiro atoms. The van der Waals surface area contributed by atoms with Gasteiger partial charge in [0.25, 0.3) is 5.91 Å². The highest BCUT2D eigenvalue weighted by Crippen LogP contribution is 2.25. The lowest BCUT2D eigenvalue weighted by Gasteiger charge is -2.23. The minimum absolute atomic E-state index is 0.214. The van der Waals surface area contributed by atoms with Crippen molar-refractivity contribution in [3.05, 3.63) is 35.4 Å². The Kier molecular flexibility index (Phi) is 3.62. The van der Waals surface area contributed by atoms with Crippen LogP contribution in [0.25, 0.3) is 0 Å². The van der Waals surface area contributed by atoms with Gasteiger partial charge in [-0.3, -0.25) is 4.79 Å². The highest BCUT2D eigenvalue weighted by atomic mass is 16.5. The van der Waals surface area contributed by atoms with Gasteiger partial charge in [0.15, 0.2) is 0 Å². The first kappa shape index (κ1) is 12.6. The molecule has 0 aliphatic carbocycles. The van der Waals surface area contributed by atoms with Gasteiger partial charge in [0.2, 0.25) is 0 Å². The third-order valence-corrected chi connectivity index (χ3v) is 3.11. The van der Waals surface area contributed by atoms with Crippen LogP contribution in [-0.4, -0.2) is 41.6 Å². The number of fused-ring (bicyclic) bond motifs is 1. The average molecular weight is 249 g/mol. The summed E-state index contributed by atoms with van der Waals surface area (Å²) in [6, 6.07) is 6.38. The van der Waals surface area contributed by atoms with Crippen molar-refractivity contribution >= 4 is 11.9 Å². The first-order chi connectivity index (χ1) is 8.65. The molecule has 96 valence electrons. The summed E-state index contributed by atoms with van der Waals surface area (Å²) in [5.41, 5.74) is 1.48. The largest absolute Gasteiger partial charge is 0.480 e. The first-order valence-corrected chi connectivity index (χ1v) is 5.75. The third-order valence-electron chi connectivity index (χ3n) is 3.11. The van der Waals surface area contributed by atoms with Gasteiger partial charge in [0, 0.05) is 32.2 Å². The summed E-state index contributed by atoms with van der Waals surface area (Å²) in [7, 11) is 1.51. The highest BCUT2D eigenvalue weighted by Gasteiger charge is 2.35. The van der Waals surface area contributed by atoms with Crippen molar-refractivity contribution in [2.45, 2.75) is 19.0 Å². The van der Waals surface area contributed by atoms with Crippen molar-refractivity contribution in [2.75, 3.05) is 13.7 Å². The standard InChI is InChI=1S/C13H15NO4/c1-18-7-6-11(13(16)17)14-8-9-4-2-3-5-10(9)12(14)15/h2-5,11H,6-8H2,1H3,(H,16,17)/t11-/m0/s1. The molecule has 1 amide bonds. The van der Waals surface area contributed by atoms with Gasteiger partial charge in [-0.25, -0.2) is 4.79 Å². The summed E-state index contributed by atoms with van der Waals surface area (Å²) in [5.74, 6) is -1.21. The lowest BCUT2D eigenvalue weighted by Crippen LogP contribution is -2.42. The van der Waals surface area contributed by atoms with E-state index in [1.165, 1.54) is 12.0 Å². The van der Waals surface area contributed by atoms with Crippen LogP contribution in [0.5, 0.6) is 0 Å². The molecule has 0 unspecified atom stereocenters. The quantitative estimate of drug-likeness (QED) is 0.849. The predicted octanol–water partition coefficient (Wildman–Crippen LogP) is 1.13. The minimum Gasteiger partial charge on any atom is -0.480 e. The van der Waals surface area contributed by atoms with Gasteiger partial charge < -0.3 is 14.7 Å². The molecule has 2 rings (SSSR count). The van der Waals surface area contributed by atoms with E-state index in [0.29, 0.717) is 25.1 Å². The average Bonchev–Trinajstić information content (AvgIpc) is 2.68. The Morgan fingerprint density at radius 2 is 2.22 bits per heavy atom. The van der Waals surface area contributed by atoms with Crippen LogP contribution in [0, 0.1) is 0 Å². The number of aliphatic carboxylic acids is 1. The number of hydrogen-bond acceptors (Lipinski definition) is 3. The lowest BCUT2D eigenvalue weighted by atomic mass is 10.1. The van der Waals surface area contributed by atoms with Crippen LogP contribution < -0.4 is 0 Å². The van der Waals surface area contributed by atoms with Crippen molar-refractivity contribution in [3.8, 4) is 0 Å². The normalized spacial score (nSPS) is 15.6. The maximum absolute atomic E-state index is 12.1. The number of rotatable bonds is 5. The molecule has 0 saturated heterocycles. The zero-order valence-electron chi connectivity index (χ0n) is 10.1. The molecule has 1 atom stereocenters. The van der Waals surface area contributed by atoms with E-state index in [0.717, 1.165) is 5.56 Å². The van der Waals surface area contributed by atoms with Crippen LogP contribution in [0.3, 0.4) is 0 Å². The van der Waals surface area contributed by atoms with Gasteiger partial charge in [-0.1, -0.05) is 18.2 Å². The number of benzene rings is 1. The van der Waals surface area contributed by atoms with Gasteiger partial charge in [-0.15, -0.1) is 0 Å². The summed E-state index contributed by atoms with van der Waals surface area (Å²) in [4.78, 5) is 24.8. The van der Waals surface area contributed by atoms with Gasteiger partial charge >= 0.3 is 5.97 Å². The first-order valence-electron chi connectivity index (χ1n) is 5.75. The number of methoxy groups -OCH3 is 1. The smallest absolute Gasteiger partial charge is 0.326 e. The Balaban J connectivity index is 2.20. The molecule has 5 nitrogen and oxygen atoms in total. The van der Waals surface area contributed by atoms with Gasteiger partial charge in [0.1, 0.15) is 6.04 Å². The van der Waals surface area contributed by atoms with Crippen LogP contribution in [0.1, 0.15) is 22.3 Å². The van der Waals surface area contributed by atoms with E-state index in [4.69, 9.17) is 4.74 Å². The number of carbonyl (C=O) groups excluding carboxylic acids is 1. The van der Waals surface area contributed by atoms with Gasteiger partial charge in [-0.2, -0.15) is 0 Å². The Labute approximate surface area is 105 Å². The molecule has 0 aromatic heterocycles. The van der Waals surface area contributed by atoms with E-state index in [-0.39, 0.29) is 5.91 Å². The monoisotopic (exact) mass is 249 g/mol. The van der Waals surface area contributed by atoms with Crippen molar-refractivity contribution in [1.29, 1.82) is 0 Å². The third kappa shape index (κ3) is 2.22. The molecule has 0 bridgehead atoms. The maximum atomic E-state index is 12.1. The highest BCUT2D eigenvalue weighted by molar-refractivity contribution is 6.00. The summed E-state index contributed by atoms with van der Waals surface area (Å²) in [6.07, 6.45) is 0.297. The molecule has 1 aliphatic heterocycles. The second-order valence-electron chi connectivity index (χ2n) is 4.23.